The van der Waals surface area contributed by atoms with E-state index in [1.165, 1.54) is 6.42 Å². The first-order valence-corrected chi connectivity index (χ1v) is 6.15. The molecule has 1 saturated heterocycles. The van der Waals surface area contributed by atoms with Crippen LogP contribution in [0.25, 0.3) is 0 Å². The SMILES string of the molecule is C=C(C)C(=O)OC1CC2CCCCC2OC1=O. The lowest BCUT2D eigenvalue weighted by atomic mass is 9.81. The fraction of sp³-hybridized carbons (Fsp3) is 0.692. The number of ether oxygens (including phenoxy) is 2. The molecule has 2 rings (SSSR count). The van der Waals surface area contributed by atoms with Gasteiger partial charge in [-0.15, -0.1) is 0 Å². The summed E-state index contributed by atoms with van der Waals surface area (Å²) in [6.07, 6.45) is 4.18. The number of carbonyl (C=O) groups is 2. The molecule has 1 heterocycles. The second kappa shape index (κ2) is 4.90. The van der Waals surface area contributed by atoms with E-state index in [4.69, 9.17) is 9.47 Å². The average Bonchev–Trinajstić information content (AvgIpc) is 2.29. The third-order valence-corrected chi connectivity index (χ3v) is 3.48. The summed E-state index contributed by atoms with van der Waals surface area (Å²) >= 11 is 0. The van der Waals surface area contributed by atoms with Crippen LogP contribution in [0.4, 0.5) is 0 Å². The Morgan fingerprint density at radius 3 is 2.82 bits per heavy atom. The molecule has 0 bridgehead atoms. The molecule has 0 amide bonds. The van der Waals surface area contributed by atoms with E-state index in [-0.39, 0.29) is 6.10 Å². The average molecular weight is 238 g/mol. The maximum Gasteiger partial charge on any atom is 0.347 e. The number of fused-ring (bicyclic) bond motifs is 1. The standard InChI is InChI=1S/C13H18O4/c1-8(2)12(14)17-11-7-9-5-3-4-6-10(9)16-13(11)15/h9-11H,1,3-7H2,2H3. The first-order valence-electron chi connectivity index (χ1n) is 6.15. The van der Waals surface area contributed by atoms with Gasteiger partial charge < -0.3 is 9.47 Å². The van der Waals surface area contributed by atoms with Crippen molar-refractivity contribution in [3.63, 3.8) is 0 Å². The minimum absolute atomic E-state index is 0.0380. The molecule has 0 radical (unpaired) electrons. The molecule has 1 aliphatic heterocycles. The first kappa shape index (κ1) is 12.1. The van der Waals surface area contributed by atoms with Crippen LogP contribution in [0.2, 0.25) is 0 Å². The van der Waals surface area contributed by atoms with E-state index >= 15 is 0 Å². The van der Waals surface area contributed by atoms with Crippen molar-refractivity contribution in [3.8, 4) is 0 Å². The molecular weight excluding hydrogens is 220 g/mol. The Kier molecular flexibility index (Phi) is 3.50. The molecule has 2 fully saturated rings. The summed E-state index contributed by atoms with van der Waals surface area (Å²) in [6, 6.07) is 0. The Morgan fingerprint density at radius 2 is 2.12 bits per heavy atom. The number of rotatable bonds is 2. The molecule has 0 aromatic rings. The zero-order chi connectivity index (χ0) is 12.4. The Labute approximate surface area is 101 Å². The lowest BCUT2D eigenvalue weighted by Crippen LogP contribution is -2.44. The van der Waals surface area contributed by atoms with Gasteiger partial charge in [0.1, 0.15) is 6.10 Å². The minimum atomic E-state index is -0.737. The van der Waals surface area contributed by atoms with Crippen molar-refractivity contribution < 1.29 is 19.1 Å². The van der Waals surface area contributed by atoms with Crippen LogP contribution in [0.15, 0.2) is 12.2 Å². The summed E-state index contributed by atoms with van der Waals surface area (Å²) < 4.78 is 10.4. The highest BCUT2D eigenvalue weighted by Gasteiger charge is 2.40. The second-order valence-corrected chi connectivity index (χ2v) is 4.93. The number of hydrogen-bond donors (Lipinski definition) is 0. The molecule has 3 unspecified atom stereocenters. The summed E-state index contributed by atoms with van der Waals surface area (Å²) in [5.41, 5.74) is 0.309. The van der Waals surface area contributed by atoms with Crippen molar-refractivity contribution in [2.75, 3.05) is 0 Å². The molecule has 0 spiro atoms. The molecule has 1 aliphatic carbocycles. The molecule has 94 valence electrons. The van der Waals surface area contributed by atoms with Crippen molar-refractivity contribution in [2.24, 2.45) is 5.92 Å². The van der Waals surface area contributed by atoms with Crippen LogP contribution >= 0.6 is 0 Å². The highest BCUT2D eigenvalue weighted by Crippen LogP contribution is 2.35. The Morgan fingerprint density at radius 1 is 1.41 bits per heavy atom. The second-order valence-electron chi connectivity index (χ2n) is 4.93. The molecule has 1 saturated carbocycles. The van der Waals surface area contributed by atoms with Gasteiger partial charge in [-0.25, -0.2) is 9.59 Å². The maximum atomic E-state index is 11.7. The third kappa shape index (κ3) is 2.68. The largest absolute Gasteiger partial charge is 0.459 e. The van der Waals surface area contributed by atoms with E-state index in [1.54, 1.807) is 6.92 Å². The normalized spacial score (nSPS) is 32.3. The number of carbonyl (C=O) groups excluding carboxylic acids is 2. The van der Waals surface area contributed by atoms with E-state index in [1.807, 2.05) is 0 Å². The monoisotopic (exact) mass is 238 g/mol. The van der Waals surface area contributed by atoms with Gasteiger partial charge in [-0.2, -0.15) is 0 Å². The predicted molar refractivity (Wildman–Crippen MR) is 61.1 cm³/mol. The van der Waals surface area contributed by atoms with Gasteiger partial charge in [-0.05, 0) is 26.2 Å². The fourth-order valence-corrected chi connectivity index (χ4v) is 2.52. The van der Waals surface area contributed by atoms with E-state index in [9.17, 15) is 9.59 Å². The maximum absolute atomic E-state index is 11.7. The van der Waals surface area contributed by atoms with Crippen molar-refractivity contribution in [1.29, 1.82) is 0 Å². The molecule has 2 aliphatic rings. The van der Waals surface area contributed by atoms with Gasteiger partial charge in [0.25, 0.3) is 0 Å². The molecule has 0 aromatic carbocycles. The summed E-state index contributed by atoms with van der Waals surface area (Å²) in [5, 5.41) is 0. The zero-order valence-corrected chi connectivity index (χ0v) is 10.1. The van der Waals surface area contributed by atoms with Gasteiger partial charge in [-0.1, -0.05) is 13.0 Å². The summed E-state index contributed by atoms with van der Waals surface area (Å²) in [4.78, 5) is 23.1. The van der Waals surface area contributed by atoms with Gasteiger partial charge >= 0.3 is 11.9 Å². The first-order chi connectivity index (χ1) is 8.08. The van der Waals surface area contributed by atoms with E-state index in [0.717, 1.165) is 19.3 Å². The molecule has 3 atom stereocenters. The lowest BCUT2D eigenvalue weighted by Gasteiger charge is -2.37. The van der Waals surface area contributed by atoms with Gasteiger partial charge in [0, 0.05) is 17.9 Å². The van der Waals surface area contributed by atoms with Crippen LogP contribution in [0.3, 0.4) is 0 Å². The number of hydrogen-bond acceptors (Lipinski definition) is 4. The zero-order valence-electron chi connectivity index (χ0n) is 10.1. The third-order valence-electron chi connectivity index (χ3n) is 3.48. The van der Waals surface area contributed by atoms with E-state index in [2.05, 4.69) is 6.58 Å². The van der Waals surface area contributed by atoms with Crippen LogP contribution in [0.1, 0.15) is 39.0 Å². The van der Waals surface area contributed by atoms with Crippen LogP contribution in [0.5, 0.6) is 0 Å². The Balaban J connectivity index is 1.97. The van der Waals surface area contributed by atoms with Crippen molar-refractivity contribution >= 4 is 11.9 Å². The van der Waals surface area contributed by atoms with E-state index in [0.29, 0.717) is 17.9 Å². The summed E-state index contributed by atoms with van der Waals surface area (Å²) in [6.45, 7) is 5.07. The Hall–Kier alpha value is -1.32. The molecule has 17 heavy (non-hydrogen) atoms. The number of esters is 2. The topological polar surface area (TPSA) is 52.6 Å². The molecule has 4 nitrogen and oxygen atoms in total. The molecule has 0 N–H and O–H groups in total. The van der Waals surface area contributed by atoms with E-state index < -0.39 is 18.0 Å². The van der Waals surface area contributed by atoms with Gasteiger partial charge in [-0.3, -0.25) is 0 Å². The molecule has 0 aromatic heterocycles. The molecule has 4 heteroatoms. The summed E-state index contributed by atoms with van der Waals surface area (Å²) in [5.74, 6) is -0.562. The van der Waals surface area contributed by atoms with Crippen LogP contribution in [0, 0.1) is 5.92 Å². The van der Waals surface area contributed by atoms with Crippen LogP contribution < -0.4 is 0 Å². The minimum Gasteiger partial charge on any atom is -0.459 e. The fourth-order valence-electron chi connectivity index (χ4n) is 2.52. The van der Waals surface area contributed by atoms with Crippen LogP contribution in [-0.4, -0.2) is 24.1 Å². The molecular formula is C13H18O4. The van der Waals surface area contributed by atoms with Gasteiger partial charge in [0.2, 0.25) is 0 Å². The predicted octanol–water partition coefficient (Wildman–Crippen LogP) is 1.98. The van der Waals surface area contributed by atoms with Gasteiger partial charge in [0.15, 0.2) is 6.10 Å². The van der Waals surface area contributed by atoms with Crippen molar-refractivity contribution in [1.82, 2.24) is 0 Å². The highest BCUT2D eigenvalue weighted by molar-refractivity contribution is 5.89. The lowest BCUT2D eigenvalue weighted by molar-refractivity contribution is -0.184. The summed E-state index contributed by atoms with van der Waals surface area (Å²) in [7, 11) is 0. The van der Waals surface area contributed by atoms with Crippen LogP contribution in [-0.2, 0) is 19.1 Å². The van der Waals surface area contributed by atoms with Crippen molar-refractivity contribution in [2.45, 2.75) is 51.2 Å². The Bertz CT molecular complexity index is 347. The quantitative estimate of drug-likeness (QED) is 0.545. The van der Waals surface area contributed by atoms with Crippen molar-refractivity contribution in [3.05, 3.63) is 12.2 Å². The highest BCUT2D eigenvalue weighted by atomic mass is 16.6. The van der Waals surface area contributed by atoms with Gasteiger partial charge in [0.05, 0.1) is 0 Å². The smallest absolute Gasteiger partial charge is 0.347 e.